The number of carbonyl (C=O) groups is 1. The Morgan fingerprint density at radius 1 is 1.10 bits per heavy atom. The van der Waals surface area contributed by atoms with E-state index in [0.29, 0.717) is 18.2 Å². The summed E-state index contributed by atoms with van der Waals surface area (Å²) < 4.78 is 7.31. The van der Waals surface area contributed by atoms with Crippen LogP contribution in [0.4, 0.5) is 0 Å². The van der Waals surface area contributed by atoms with Crippen molar-refractivity contribution in [1.29, 1.82) is 0 Å². The number of methoxy groups -OCH3 is 1. The number of nitrogens with zero attached hydrogens (tertiary/aromatic N) is 4. The number of ether oxygens (including phenoxy) is 1. The van der Waals surface area contributed by atoms with Crippen LogP contribution in [0.1, 0.15) is 44.1 Å². The Morgan fingerprint density at radius 2 is 1.93 bits per heavy atom. The minimum atomic E-state index is 0.322. The Kier molecular flexibility index (Phi) is 6.49. The normalized spacial score (nSPS) is 19.3. The number of hydrogen-bond donors (Lipinski definition) is 0. The van der Waals surface area contributed by atoms with E-state index in [9.17, 15) is 4.79 Å². The third-order valence-corrected chi connectivity index (χ3v) is 6.26. The van der Waals surface area contributed by atoms with Gasteiger partial charge in [0.2, 0.25) is 5.91 Å². The molecule has 1 aliphatic carbocycles. The zero-order valence-corrected chi connectivity index (χ0v) is 17.4. The van der Waals surface area contributed by atoms with E-state index in [1.807, 2.05) is 35.1 Å². The highest BCUT2D eigenvalue weighted by Gasteiger charge is 2.24. The fourth-order valence-corrected chi connectivity index (χ4v) is 4.59. The molecule has 0 atom stereocenters. The summed E-state index contributed by atoms with van der Waals surface area (Å²) >= 11 is 0. The molecule has 156 valence electrons. The van der Waals surface area contributed by atoms with Gasteiger partial charge in [-0.2, -0.15) is 5.10 Å². The fourth-order valence-electron chi connectivity index (χ4n) is 4.59. The van der Waals surface area contributed by atoms with Crippen LogP contribution in [0.3, 0.4) is 0 Å². The number of carbonyl (C=O) groups excluding carboxylic acids is 1. The van der Waals surface area contributed by atoms with Crippen molar-refractivity contribution in [3.8, 4) is 11.4 Å². The van der Waals surface area contributed by atoms with Gasteiger partial charge >= 0.3 is 0 Å². The molecule has 1 amide bonds. The summed E-state index contributed by atoms with van der Waals surface area (Å²) in [5.41, 5.74) is 2.09. The van der Waals surface area contributed by atoms with Crippen LogP contribution in [0.2, 0.25) is 0 Å². The van der Waals surface area contributed by atoms with E-state index in [4.69, 9.17) is 4.74 Å². The third-order valence-electron chi connectivity index (χ3n) is 6.26. The molecule has 1 aromatic carbocycles. The molecule has 1 saturated heterocycles. The Labute approximate surface area is 173 Å². The zero-order chi connectivity index (χ0) is 20.1. The summed E-state index contributed by atoms with van der Waals surface area (Å²) in [5.74, 6) is 1.84. The molecule has 0 N–H and O–H groups in total. The molecule has 1 aliphatic heterocycles. The Bertz CT molecular complexity index is 813. The van der Waals surface area contributed by atoms with Gasteiger partial charge < -0.3 is 9.64 Å². The minimum Gasteiger partial charge on any atom is -0.494 e. The molecule has 1 saturated carbocycles. The molecule has 0 bridgehead atoms. The van der Waals surface area contributed by atoms with Gasteiger partial charge in [-0.3, -0.25) is 9.69 Å². The van der Waals surface area contributed by atoms with Crippen LogP contribution in [-0.2, 0) is 11.3 Å². The first-order valence-electron chi connectivity index (χ1n) is 10.9. The predicted octanol–water partition coefficient (Wildman–Crippen LogP) is 3.50. The number of aromatic nitrogens is 2. The molecule has 2 aromatic rings. The second-order valence-corrected chi connectivity index (χ2v) is 8.33. The van der Waals surface area contributed by atoms with Gasteiger partial charge in [0.25, 0.3) is 0 Å². The highest BCUT2D eigenvalue weighted by molar-refractivity contribution is 5.76. The third kappa shape index (κ3) is 4.99. The first-order chi connectivity index (χ1) is 14.2. The summed E-state index contributed by atoms with van der Waals surface area (Å²) in [6, 6.07) is 7.89. The van der Waals surface area contributed by atoms with E-state index in [-0.39, 0.29) is 0 Å². The second-order valence-electron chi connectivity index (χ2n) is 8.33. The first-order valence-corrected chi connectivity index (χ1v) is 10.9. The minimum absolute atomic E-state index is 0.322. The maximum atomic E-state index is 12.6. The monoisotopic (exact) mass is 396 g/mol. The quantitative estimate of drug-likeness (QED) is 0.750. The number of benzene rings is 1. The van der Waals surface area contributed by atoms with E-state index < -0.39 is 0 Å². The van der Waals surface area contributed by atoms with Crippen LogP contribution in [-0.4, -0.2) is 58.8 Å². The topological polar surface area (TPSA) is 50.6 Å². The lowest BCUT2D eigenvalue weighted by molar-refractivity contribution is -0.131. The van der Waals surface area contributed by atoms with Crippen molar-refractivity contribution < 1.29 is 9.53 Å². The van der Waals surface area contributed by atoms with E-state index >= 15 is 0 Å². The van der Waals surface area contributed by atoms with Gasteiger partial charge in [-0.1, -0.05) is 31.4 Å². The average Bonchev–Trinajstić information content (AvgIpc) is 3.16. The molecule has 6 heteroatoms. The van der Waals surface area contributed by atoms with Crippen LogP contribution >= 0.6 is 0 Å². The van der Waals surface area contributed by atoms with Gasteiger partial charge in [0, 0.05) is 50.9 Å². The second kappa shape index (κ2) is 9.44. The molecule has 29 heavy (non-hydrogen) atoms. The maximum absolute atomic E-state index is 12.6. The van der Waals surface area contributed by atoms with Crippen molar-refractivity contribution in [3.63, 3.8) is 0 Å². The van der Waals surface area contributed by atoms with Crippen molar-refractivity contribution in [1.82, 2.24) is 19.6 Å². The molecule has 2 aliphatic rings. The highest BCUT2D eigenvalue weighted by Crippen LogP contribution is 2.25. The molecule has 2 heterocycles. The summed E-state index contributed by atoms with van der Waals surface area (Å²) in [4.78, 5) is 17.1. The summed E-state index contributed by atoms with van der Waals surface area (Å²) in [6.45, 7) is 4.37. The van der Waals surface area contributed by atoms with Crippen molar-refractivity contribution in [2.45, 2.75) is 45.1 Å². The molecule has 2 fully saturated rings. The predicted molar refractivity (Wildman–Crippen MR) is 113 cm³/mol. The van der Waals surface area contributed by atoms with Crippen molar-refractivity contribution in [2.75, 3.05) is 33.3 Å². The van der Waals surface area contributed by atoms with Crippen molar-refractivity contribution in [3.05, 3.63) is 42.2 Å². The van der Waals surface area contributed by atoms with Gasteiger partial charge in [-0.15, -0.1) is 0 Å². The lowest BCUT2D eigenvalue weighted by atomic mass is 9.89. The van der Waals surface area contributed by atoms with Gasteiger partial charge in [-0.25, -0.2) is 4.68 Å². The van der Waals surface area contributed by atoms with Crippen LogP contribution in [0.5, 0.6) is 5.75 Å². The first kappa shape index (κ1) is 20.0. The Balaban J connectivity index is 1.35. The summed E-state index contributed by atoms with van der Waals surface area (Å²) in [5, 5.41) is 4.52. The van der Waals surface area contributed by atoms with Crippen LogP contribution in [0, 0.1) is 5.92 Å². The van der Waals surface area contributed by atoms with E-state index in [1.54, 1.807) is 7.11 Å². The van der Waals surface area contributed by atoms with Gasteiger partial charge in [-0.05, 0) is 30.9 Å². The number of para-hydroxylation sites is 2. The lowest BCUT2D eigenvalue weighted by Gasteiger charge is -2.29. The molecular formula is C23H32N4O2. The molecule has 0 radical (unpaired) electrons. The zero-order valence-electron chi connectivity index (χ0n) is 17.4. The highest BCUT2D eigenvalue weighted by atomic mass is 16.5. The molecule has 1 aromatic heterocycles. The fraction of sp³-hybridized carbons (Fsp3) is 0.565. The van der Waals surface area contributed by atoms with Gasteiger partial charge in [0.1, 0.15) is 11.4 Å². The van der Waals surface area contributed by atoms with Crippen LogP contribution in [0.25, 0.3) is 5.69 Å². The molecule has 6 nitrogen and oxygen atoms in total. The molecule has 0 unspecified atom stereocenters. The van der Waals surface area contributed by atoms with Crippen molar-refractivity contribution >= 4 is 5.91 Å². The smallest absolute Gasteiger partial charge is 0.223 e. The van der Waals surface area contributed by atoms with Gasteiger partial charge in [0.15, 0.2) is 0 Å². The molecular weight excluding hydrogens is 364 g/mol. The maximum Gasteiger partial charge on any atom is 0.223 e. The van der Waals surface area contributed by atoms with E-state index in [0.717, 1.165) is 49.7 Å². The lowest BCUT2D eigenvalue weighted by Crippen LogP contribution is -2.37. The molecule has 4 rings (SSSR count). The standard InChI is InChI=1S/C23H32N4O2/c1-29-22-10-6-5-9-21(22)27-18-20(15-24-27)16-25-12-11-23(28)26(14-13-25)17-19-7-3-2-4-8-19/h5-6,9-10,15,18-19H,2-4,7-8,11-14,16-17H2,1H3. The SMILES string of the molecule is COc1ccccc1-n1cc(CN2CCC(=O)N(CC3CCCCC3)CC2)cn1. The number of hydrogen-bond acceptors (Lipinski definition) is 4. The number of amides is 1. The van der Waals surface area contributed by atoms with Crippen LogP contribution < -0.4 is 4.74 Å². The molecule has 0 spiro atoms. The largest absolute Gasteiger partial charge is 0.494 e. The van der Waals surface area contributed by atoms with Crippen molar-refractivity contribution in [2.24, 2.45) is 5.92 Å². The number of rotatable bonds is 6. The Morgan fingerprint density at radius 3 is 2.76 bits per heavy atom. The summed E-state index contributed by atoms with van der Waals surface area (Å²) in [7, 11) is 1.68. The van der Waals surface area contributed by atoms with Gasteiger partial charge in [0.05, 0.1) is 13.3 Å². The van der Waals surface area contributed by atoms with E-state index in [1.165, 1.54) is 32.1 Å². The van der Waals surface area contributed by atoms with E-state index in [2.05, 4.69) is 21.1 Å². The Hall–Kier alpha value is -2.34. The summed E-state index contributed by atoms with van der Waals surface area (Å²) in [6.07, 6.45) is 11.2. The van der Waals surface area contributed by atoms with Crippen LogP contribution in [0.15, 0.2) is 36.7 Å². The average molecular weight is 397 g/mol.